The molecule has 0 bridgehead atoms. The molecule has 27 heavy (non-hydrogen) atoms. The number of amides is 2. The van der Waals surface area contributed by atoms with Gasteiger partial charge in [-0.25, -0.2) is 0 Å². The van der Waals surface area contributed by atoms with Crippen molar-refractivity contribution in [1.82, 2.24) is 5.32 Å². The molecule has 0 aliphatic carbocycles. The predicted octanol–water partition coefficient (Wildman–Crippen LogP) is 2.03. The molecule has 2 aromatic carbocycles. The second kappa shape index (κ2) is 9.05. The van der Waals surface area contributed by atoms with Gasteiger partial charge in [0.25, 0.3) is 0 Å². The molecule has 1 aliphatic rings. The molecule has 0 unspecified atom stereocenters. The minimum absolute atomic E-state index is 0.0676. The first-order valence-corrected chi connectivity index (χ1v) is 8.82. The lowest BCUT2D eigenvalue weighted by Crippen LogP contribution is -2.36. The highest BCUT2D eigenvalue weighted by Gasteiger charge is 2.18. The van der Waals surface area contributed by atoms with Crippen LogP contribution in [-0.4, -0.2) is 36.9 Å². The smallest absolute Gasteiger partial charge is 0.313 e. The molecule has 0 saturated carbocycles. The van der Waals surface area contributed by atoms with Crippen molar-refractivity contribution in [3.8, 4) is 11.5 Å². The number of anilines is 1. The molecule has 3 N–H and O–H groups in total. The molecule has 0 saturated heterocycles. The number of aliphatic hydroxyl groups excluding tert-OH is 1. The second-order valence-corrected chi connectivity index (χ2v) is 6.19. The Bertz CT molecular complexity index is 794. The van der Waals surface area contributed by atoms with E-state index in [2.05, 4.69) is 10.6 Å². The number of hydrogen-bond donors (Lipinski definition) is 3. The third kappa shape index (κ3) is 4.98. The Hall–Kier alpha value is -3.06. The molecule has 2 aromatic rings. The van der Waals surface area contributed by atoms with Crippen molar-refractivity contribution in [2.24, 2.45) is 0 Å². The van der Waals surface area contributed by atoms with Crippen molar-refractivity contribution in [2.75, 3.05) is 25.3 Å². The summed E-state index contributed by atoms with van der Waals surface area (Å²) in [5, 5.41) is 14.4. The van der Waals surface area contributed by atoms with E-state index < -0.39 is 11.8 Å². The van der Waals surface area contributed by atoms with E-state index in [9.17, 15) is 14.7 Å². The van der Waals surface area contributed by atoms with Crippen molar-refractivity contribution in [3.63, 3.8) is 0 Å². The van der Waals surface area contributed by atoms with E-state index in [0.29, 0.717) is 36.6 Å². The Labute approximate surface area is 157 Å². The molecule has 0 spiro atoms. The molecule has 3 rings (SSSR count). The van der Waals surface area contributed by atoms with E-state index in [1.165, 1.54) is 0 Å². The van der Waals surface area contributed by atoms with E-state index in [1.807, 2.05) is 30.3 Å². The van der Waals surface area contributed by atoms with E-state index in [-0.39, 0.29) is 19.3 Å². The average molecular weight is 370 g/mol. The van der Waals surface area contributed by atoms with Crippen molar-refractivity contribution < 1.29 is 24.2 Å². The number of rotatable bonds is 7. The molecule has 142 valence electrons. The van der Waals surface area contributed by atoms with Crippen molar-refractivity contribution in [1.29, 1.82) is 0 Å². The lowest BCUT2D eigenvalue weighted by molar-refractivity contribution is -0.136. The van der Waals surface area contributed by atoms with Gasteiger partial charge in [0.05, 0.1) is 0 Å². The minimum Gasteiger partial charge on any atom is -0.454 e. The van der Waals surface area contributed by atoms with Crippen LogP contribution >= 0.6 is 0 Å². The van der Waals surface area contributed by atoms with Crippen LogP contribution in [0.2, 0.25) is 0 Å². The molecule has 0 aromatic heterocycles. The van der Waals surface area contributed by atoms with Gasteiger partial charge in [0, 0.05) is 24.9 Å². The number of nitrogens with one attached hydrogen (secondary N) is 2. The van der Waals surface area contributed by atoms with E-state index in [1.54, 1.807) is 18.2 Å². The largest absolute Gasteiger partial charge is 0.454 e. The van der Waals surface area contributed by atoms with Gasteiger partial charge in [-0.2, -0.15) is 0 Å². The van der Waals surface area contributed by atoms with Gasteiger partial charge >= 0.3 is 11.8 Å². The third-order valence-electron chi connectivity index (χ3n) is 4.36. The Balaban J connectivity index is 1.48. The molecule has 2 amide bonds. The fourth-order valence-corrected chi connectivity index (χ4v) is 2.96. The van der Waals surface area contributed by atoms with Crippen LogP contribution < -0.4 is 20.1 Å². The molecule has 1 atom stereocenters. The first-order valence-electron chi connectivity index (χ1n) is 8.82. The summed E-state index contributed by atoms with van der Waals surface area (Å²) in [7, 11) is 0. The summed E-state index contributed by atoms with van der Waals surface area (Å²) in [6.07, 6.45) is 1.23. The maximum Gasteiger partial charge on any atom is 0.313 e. The lowest BCUT2D eigenvalue weighted by Gasteiger charge is -2.16. The summed E-state index contributed by atoms with van der Waals surface area (Å²) in [4.78, 5) is 24.1. The fraction of sp³-hybridized carbons (Fsp3) is 0.300. The predicted molar refractivity (Wildman–Crippen MR) is 99.7 cm³/mol. The first-order chi connectivity index (χ1) is 13.2. The number of ether oxygens (including phenoxy) is 2. The van der Waals surface area contributed by atoms with Crippen molar-refractivity contribution in [2.45, 2.75) is 18.8 Å². The lowest BCUT2D eigenvalue weighted by atomic mass is 9.93. The standard InChI is InChI=1S/C20H22N2O5/c23-11-9-15(14-4-2-1-3-5-14)8-10-21-19(24)20(25)22-16-6-7-17-18(12-16)27-13-26-17/h1-7,12,15,23H,8-11,13H2,(H,21,24)(H,22,25)/t15-/m1/s1. The molecular formula is C20H22N2O5. The maximum atomic E-state index is 12.0. The van der Waals surface area contributed by atoms with Crippen molar-refractivity contribution >= 4 is 17.5 Å². The summed E-state index contributed by atoms with van der Waals surface area (Å²) in [6.45, 7) is 0.550. The Morgan fingerprint density at radius 1 is 1.00 bits per heavy atom. The van der Waals surface area contributed by atoms with Gasteiger partial charge in [0.2, 0.25) is 6.79 Å². The van der Waals surface area contributed by atoms with Crippen LogP contribution in [0.4, 0.5) is 5.69 Å². The highest BCUT2D eigenvalue weighted by atomic mass is 16.7. The summed E-state index contributed by atoms with van der Waals surface area (Å²) in [5.74, 6) is -0.194. The normalized spacial score (nSPS) is 13.1. The van der Waals surface area contributed by atoms with Gasteiger partial charge in [0.1, 0.15) is 0 Å². The van der Waals surface area contributed by atoms with Crippen LogP contribution in [0.15, 0.2) is 48.5 Å². The van der Waals surface area contributed by atoms with Crippen LogP contribution in [0.5, 0.6) is 11.5 Å². The Morgan fingerprint density at radius 2 is 1.78 bits per heavy atom. The monoisotopic (exact) mass is 370 g/mol. The fourth-order valence-electron chi connectivity index (χ4n) is 2.96. The molecule has 7 nitrogen and oxygen atoms in total. The van der Waals surface area contributed by atoms with Gasteiger partial charge < -0.3 is 25.2 Å². The number of fused-ring (bicyclic) bond motifs is 1. The average Bonchev–Trinajstić information content (AvgIpc) is 3.15. The quantitative estimate of drug-likeness (QED) is 0.648. The SMILES string of the molecule is O=C(NCC[C@H](CCO)c1ccccc1)C(=O)Nc1ccc2c(c1)OCO2. The molecule has 1 aliphatic heterocycles. The van der Waals surface area contributed by atoms with Crippen LogP contribution in [0.25, 0.3) is 0 Å². The van der Waals surface area contributed by atoms with Crippen molar-refractivity contribution in [3.05, 3.63) is 54.1 Å². The molecular weight excluding hydrogens is 348 g/mol. The van der Waals surface area contributed by atoms with Crippen LogP contribution in [0.3, 0.4) is 0 Å². The Morgan fingerprint density at radius 3 is 2.56 bits per heavy atom. The summed E-state index contributed by atoms with van der Waals surface area (Å²) < 4.78 is 10.4. The van der Waals surface area contributed by atoms with E-state index >= 15 is 0 Å². The summed E-state index contributed by atoms with van der Waals surface area (Å²) in [6, 6.07) is 14.7. The zero-order chi connectivity index (χ0) is 19.1. The number of hydrogen-bond acceptors (Lipinski definition) is 5. The molecule has 7 heteroatoms. The number of carbonyl (C=O) groups excluding carboxylic acids is 2. The summed E-state index contributed by atoms with van der Waals surface area (Å²) in [5.41, 5.74) is 1.56. The van der Waals surface area contributed by atoms with Gasteiger partial charge in [0.15, 0.2) is 11.5 Å². The molecule has 0 radical (unpaired) electrons. The second-order valence-electron chi connectivity index (χ2n) is 6.19. The number of carbonyl (C=O) groups is 2. The molecule has 1 heterocycles. The van der Waals surface area contributed by atoms with Crippen LogP contribution in [0, 0.1) is 0 Å². The van der Waals surface area contributed by atoms with Gasteiger partial charge in [-0.1, -0.05) is 30.3 Å². The van der Waals surface area contributed by atoms with Gasteiger partial charge in [-0.3, -0.25) is 9.59 Å². The van der Waals surface area contributed by atoms with Gasteiger partial charge in [-0.15, -0.1) is 0 Å². The van der Waals surface area contributed by atoms with Crippen LogP contribution in [0.1, 0.15) is 24.3 Å². The van der Waals surface area contributed by atoms with E-state index in [4.69, 9.17) is 9.47 Å². The molecule has 0 fully saturated rings. The highest BCUT2D eigenvalue weighted by Crippen LogP contribution is 2.34. The van der Waals surface area contributed by atoms with Crippen LogP contribution in [-0.2, 0) is 9.59 Å². The number of aliphatic hydroxyl groups is 1. The third-order valence-corrected chi connectivity index (χ3v) is 4.36. The minimum atomic E-state index is -0.743. The summed E-state index contributed by atoms with van der Waals surface area (Å²) >= 11 is 0. The highest BCUT2D eigenvalue weighted by molar-refractivity contribution is 6.39. The van der Waals surface area contributed by atoms with E-state index in [0.717, 1.165) is 5.56 Å². The topological polar surface area (TPSA) is 96.9 Å². The van der Waals surface area contributed by atoms with Gasteiger partial charge in [-0.05, 0) is 36.5 Å². The zero-order valence-electron chi connectivity index (χ0n) is 14.8. The first kappa shape index (κ1) is 18.7. The zero-order valence-corrected chi connectivity index (χ0v) is 14.8. The maximum absolute atomic E-state index is 12.0. The Kier molecular flexibility index (Phi) is 6.27. The number of benzene rings is 2.